The van der Waals surface area contributed by atoms with Gasteiger partial charge >= 0.3 is 0 Å². The fourth-order valence-corrected chi connectivity index (χ4v) is 5.71. The van der Waals surface area contributed by atoms with Crippen molar-refractivity contribution in [2.45, 2.75) is 64.1 Å². The molecule has 2 aromatic carbocycles. The van der Waals surface area contributed by atoms with Crippen LogP contribution in [0, 0.1) is 5.82 Å². The summed E-state index contributed by atoms with van der Waals surface area (Å²) in [7, 11) is -2.57. The standard InChI is InChI=1S/C27H35ClFN3O5S/c1-4-23(27(34)30-22-8-6-5-7-9-22)31(17-19-10-13-21(29)14-11-19)26(33)18-32(38(3,35)36)24-16-20(28)12-15-25(24)37-2/h10-16,22-23H,4-9,17-18H2,1-3H3,(H,30,34)/t23-/m1/s1. The number of nitrogens with zero attached hydrogens (tertiary/aromatic N) is 2. The summed E-state index contributed by atoms with van der Waals surface area (Å²) in [6, 6.07) is 9.30. The van der Waals surface area contributed by atoms with Crippen molar-refractivity contribution >= 4 is 39.1 Å². The van der Waals surface area contributed by atoms with E-state index in [9.17, 15) is 22.4 Å². The highest BCUT2D eigenvalue weighted by Gasteiger charge is 2.33. The molecule has 38 heavy (non-hydrogen) atoms. The average Bonchev–Trinajstić information content (AvgIpc) is 2.88. The molecule has 11 heteroatoms. The Morgan fingerprint density at radius 3 is 2.37 bits per heavy atom. The summed E-state index contributed by atoms with van der Waals surface area (Å²) in [6.45, 7) is 1.22. The van der Waals surface area contributed by atoms with E-state index in [0.29, 0.717) is 12.0 Å². The molecule has 1 aliphatic carbocycles. The molecule has 0 saturated heterocycles. The molecule has 1 saturated carbocycles. The van der Waals surface area contributed by atoms with Crippen LogP contribution in [0.5, 0.6) is 5.75 Å². The van der Waals surface area contributed by atoms with E-state index in [0.717, 1.165) is 42.7 Å². The van der Waals surface area contributed by atoms with Gasteiger partial charge in [-0.2, -0.15) is 0 Å². The maximum absolute atomic E-state index is 13.8. The van der Waals surface area contributed by atoms with Gasteiger partial charge in [-0.1, -0.05) is 49.9 Å². The molecule has 2 aromatic rings. The molecular weight excluding hydrogens is 533 g/mol. The summed E-state index contributed by atoms with van der Waals surface area (Å²) in [5.74, 6) is -1.08. The van der Waals surface area contributed by atoms with Crippen LogP contribution < -0.4 is 14.4 Å². The van der Waals surface area contributed by atoms with E-state index < -0.39 is 34.3 Å². The number of nitrogens with one attached hydrogen (secondary N) is 1. The molecule has 0 aliphatic heterocycles. The molecule has 1 atom stereocenters. The lowest BCUT2D eigenvalue weighted by atomic mass is 9.95. The summed E-state index contributed by atoms with van der Waals surface area (Å²) in [4.78, 5) is 28.6. The van der Waals surface area contributed by atoms with E-state index in [1.807, 2.05) is 0 Å². The predicted octanol–water partition coefficient (Wildman–Crippen LogP) is 4.51. The van der Waals surface area contributed by atoms with Crippen molar-refractivity contribution in [2.75, 3.05) is 24.2 Å². The normalized spacial score (nSPS) is 15.0. The minimum Gasteiger partial charge on any atom is -0.495 e. The molecular formula is C27H35ClFN3O5S. The van der Waals surface area contributed by atoms with Crippen LogP contribution in [0.4, 0.5) is 10.1 Å². The number of hydrogen-bond donors (Lipinski definition) is 1. The SMILES string of the molecule is CC[C@H](C(=O)NC1CCCCC1)N(Cc1ccc(F)cc1)C(=O)CN(c1cc(Cl)ccc1OC)S(C)(=O)=O. The molecule has 0 radical (unpaired) electrons. The Hall–Kier alpha value is -2.85. The number of rotatable bonds is 11. The van der Waals surface area contributed by atoms with E-state index in [-0.39, 0.29) is 35.0 Å². The lowest BCUT2D eigenvalue weighted by molar-refractivity contribution is -0.140. The molecule has 0 aromatic heterocycles. The molecule has 0 spiro atoms. The van der Waals surface area contributed by atoms with Crippen LogP contribution >= 0.6 is 11.6 Å². The zero-order valence-electron chi connectivity index (χ0n) is 22.0. The first kappa shape index (κ1) is 29.7. The zero-order chi connectivity index (χ0) is 27.9. The smallest absolute Gasteiger partial charge is 0.244 e. The third kappa shape index (κ3) is 7.83. The highest BCUT2D eigenvalue weighted by Crippen LogP contribution is 2.33. The van der Waals surface area contributed by atoms with Crippen molar-refractivity contribution < 1.29 is 27.1 Å². The topological polar surface area (TPSA) is 96.0 Å². The van der Waals surface area contributed by atoms with Crippen molar-refractivity contribution in [1.29, 1.82) is 0 Å². The molecule has 0 bridgehead atoms. The Morgan fingerprint density at radius 1 is 1.13 bits per heavy atom. The van der Waals surface area contributed by atoms with Crippen LogP contribution in [0.1, 0.15) is 51.0 Å². The van der Waals surface area contributed by atoms with Crippen molar-refractivity contribution in [1.82, 2.24) is 10.2 Å². The van der Waals surface area contributed by atoms with Crippen molar-refractivity contribution in [3.8, 4) is 5.75 Å². The number of anilines is 1. The number of sulfonamides is 1. The second kappa shape index (κ2) is 13.3. The number of methoxy groups -OCH3 is 1. The second-order valence-corrected chi connectivity index (χ2v) is 11.8. The summed E-state index contributed by atoms with van der Waals surface area (Å²) < 4.78 is 45.5. The summed E-state index contributed by atoms with van der Waals surface area (Å²) in [5, 5.41) is 3.35. The van der Waals surface area contributed by atoms with Crippen molar-refractivity contribution in [2.24, 2.45) is 0 Å². The van der Waals surface area contributed by atoms with Gasteiger partial charge in [0.25, 0.3) is 0 Å². The molecule has 1 aliphatic rings. The Morgan fingerprint density at radius 2 is 1.79 bits per heavy atom. The van der Waals surface area contributed by atoms with Crippen LogP contribution in [0.3, 0.4) is 0 Å². The summed E-state index contributed by atoms with van der Waals surface area (Å²) in [6.07, 6.45) is 6.25. The summed E-state index contributed by atoms with van der Waals surface area (Å²) >= 11 is 6.14. The van der Waals surface area contributed by atoms with Crippen LogP contribution in [0.25, 0.3) is 0 Å². The number of halogens is 2. The second-order valence-electron chi connectivity index (χ2n) is 9.50. The molecule has 3 rings (SSSR count). The van der Waals surface area contributed by atoms with E-state index >= 15 is 0 Å². The third-order valence-electron chi connectivity index (χ3n) is 6.69. The van der Waals surface area contributed by atoms with Gasteiger partial charge in [-0.25, -0.2) is 12.8 Å². The molecule has 0 heterocycles. The first-order valence-corrected chi connectivity index (χ1v) is 14.9. The van der Waals surface area contributed by atoms with Crippen LogP contribution in [0.15, 0.2) is 42.5 Å². The van der Waals surface area contributed by atoms with Gasteiger partial charge in [0.2, 0.25) is 21.8 Å². The van der Waals surface area contributed by atoms with Crippen LogP contribution in [0.2, 0.25) is 5.02 Å². The van der Waals surface area contributed by atoms with Gasteiger partial charge in [-0.05, 0) is 55.2 Å². The Labute approximate surface area is 229 Å². The number of amides is 2. The highest BCUT2D eigenvalue weighted by molar-refractivity contribution is 7.92. The number of hydrogen-bond acceptors (Lipinski definition) is 5. The van der Waals surface area contributed by atoms with Gasteiger partial charge in [-0.15, -0.1) is 0 Å². The minimum atomic E-state index is -3.95. The van der Waals surface area contributed by atoms with Gasteiger partial charge in [0.1, 0.15) is 24.2 Å². The van der Waals surface area contributed by atoms with Crippen LogP contribution in [-0.2, 0) is 26.2 Å². The summed E-state index contributed by atoms with van der Waals surface area (Å²) in [5.41, 5.74) is 0.715. The maximum Gasteiger partial charge on any atom is 0.244 e. The molecule has 1 N–H and O–H groups in total. The number of ether oxygens (including phenoxy) is 1. The largest absolute Gasteiger partial charge is 0.495 e. The quantitative estimate of drug-likeness (QED) is 0.431. The van der Waals surface area contributed by atoms with E-state index in [2.05, 4.69) is 5.32 Å². The Kier molecular flexibility index (Phi) is 10.4. The Bertz CT molecular complexity index is 1220. The average molecular weight is 568 g/mol. The van der Waals surface area contributed by atoms with Crippen LogP contribution in [-0.4, -0.2) is 57.1 Å². The fourth-order valence-electron chi connectivity index (χ4n) is 4.70. The number of benzene rings is 2. The molecule has 8 nitrogen and oxygen atoms in total. The molecule has 0 unspecified atom stereocenters. The van der Waals surface area contributed by atoms with E-state index in [4.69, 9.17) is 16.3 Å². The molecule has 2 amide bonds. The molecule has 208 valence electrons. The van der Waals surface area contributed by atoms with Gasteiger partial charge in [0.05, 0.1) is 19.1 Å². The lowest BCUT2D eigenvalue weighted by Crippen LogP contribution is -2.54. The monoisotopic (exact) mass is 567 g/mol. The Balaban J connectivity index is 1.95. The van der Waals surface area contributed by atoms with Crippen molar-refractivity contribution in [3.05, 3.63) is 58.9 Å². The predicted molar refractivity (Wildman–Crippen MR) is 146 cm³/mol. The first-order valence-electron chi connectivity index (χ1n) is 12.7. The first-order chi connectivity index (χ1) is 18.0. The van der Waals surface area contributed by atoms with E-state index in [1.165, 1.54) is 48.4 Å². The maximum atomic E-state index is 13.8. The fraction of sp³-hybridized carbons (Fsp3) is 0.481. The lowest BCUT2D eigenvalue weighted by Gasteiger charge is -2.34. The van der Waals surface area contributed by atoms with Gasteiger partial charge in [0, 0.05) is 17.6 Å². The number of carbonyl (C=O) groups is 2. The van der Waals surface area contributed by atoms with E-state index in [1.54, 1.807) is 13.0 Å². The van der Waals surface area contributed by atoms with Gasteiger partial charge in [0.15, 0.2) is 0 Å². The highest BCUT2D eigenvalue weighted by atomic mass is 35.5. The van der Waals surface area contributed by atoms with Gasteiger partial charge < -0.3 is 15.0 Å². The zero-order valence-corrected chi connectivity index (χ0v) is 23.5. The number of carbonyl (C=O) groups excluding carboxylic acids is 2. The van der Waals surface area contributed by atoms with Gasteiger partial charge in [-0.3, -0.25) is 13.9 Å². The molecule has 1 fully saturated rings. The third-order valence-corrected chi connectivity index (χ3v) is 8.05. The van der Waals surface area contributed by atoms with Crippen molar-refractivity contribution in [3.63, 3.8) is 0 Å². The minimum absolute atomic E-state index is 0.0000106.